The Morgan fingerprint density at radius 3 is 1.11 bits per heavy atom. The van der Waals surface area contributed by atoms with Crippen molar-refractivity contribution in [1.82, 2.24) is 0 Å². The highest BCUT2D eigenvalue weighted by Gasteiger charge is 2.37. The summed E-state index contributed by atoms with van der Waals surface area (Å²) < 4.78 is 24.7. The fourth-order valence-corrected chi connectivity index (χ4v) is 5.16. The molecule has 4 nitrogen and oxygen atoms in total. The maximum atomic E-state index is 6.26. The highest BCUT2D eigenvalue weighted by molar-refractivity contribution is 7.66. The molecule has 3 aromatic carbocycles. The fraction of sp³-hybridized carbons (Fsp3) is 0.182. The second kappa shape index (κ2) is 8.82. The molecule has 3 rings (SSSR count). The van der Waals surface area contributed by atoms with E-state index in [9.17, 15) is 0 Å². The third-order valence-corrected chi connectivity index (χ3v) is 6.20. The Labute approximate surface area is 168 Å². The van der Waals surface area contributed by atoms with Gasteiger partial charge in [0, 0.05) is 0 Å². The summed E-state index contributed by atoms with van der Waals surface area (Å²) in [6.07, 6.45) is 0. The van der Waals surface area contributed by atoms with Crippen molar-refractivity contribution in [3.8, 4) is 23.0 Å². The summed E-state index contributed by atoms with van der Waals surface area (Å²) in [5.74, 6) is 2.89. The quantitative estimate of drug-likeness (QED) is 0.378. The molecule has 0 amide bonds. The summed E-state index contributed by atoms with van der Waals surface area (Å²) in [7, 11) is -4.31. The van der Waals surface area contributed by atoms with Crippen LogP contribution in [-0.4, -0.2) is 26.7 Å². The van der Waals surface area contributed by atoms with E-state index in [-0.39, 0.29) is 0 Å². The fourth-order valence-electron chi connectivity index (χ4n) is 2.58. The van der Waals surface area contributed by atoms with Gasteiger partial charge < -0.3 is 18.1 Å². The Morgan fingerprint density at radius 1 is 0.429 bits per heavy atom. The van der Waals surface area contributed by atoms with E-state index in [2.05, 4.69) is 0 Å². The van der Waals surface area contributed by atoms with Gasteiger partial charge in [0.2, 0.25) is 11.5 Å². The smallest absolute Gasteiger partial charge is 0.311 e. The second-order valence-corrected chi connectivity index (χ2v) is 12.7. The van der Waals surface area contributed by atoms with Crippen LogP contribution in [-0.2, 0) is 0 Å². The number of hydrogen-bond donors (Lipinski definition) is 0. The zero-order valence-corrected chi connectivity index (χ0v) is 18.4. The minimum absolute atomic E-state index is 0.654. The topological polar surface area (TPSA) is 36.9 Å². The van der Waals surface area contributed by atoms with Gasteiger partial charge in [0.1, 0.15) is 26.7 Å². The molecule has 146 valence electrons. The third kappa shape index (κ3) is 6.12. The van der Waals surface area contributed by atoms with Crippen molar-refractivity contribution in [2.45, 2.75) is 0 Å². The van der Waals surface area contributed by atoms with Gasteiger partial charge in [-0.25, -0.2) is 0 Å². The maximum Gasteiger partial charge on any atom is 0.358 e. The van der Waals surface area contributed by atoms with Crippen LogP contribution in [0.2, 0.25) is 0 Å². The van der Waals surface area contributed by atoms with Crippen LogP contribution in [0.5, 0.6) is 23.0 Å². The molecule has 0 heterocycles. The minimum atomic E-state index is -2.15. The first-order chi connectivity index (χ1) is 13.3. The molecule has 3 aromatic rings. The molecule has 0 saturated heterocycles. The van der Waals surface area contributed by atoms with Gasteiger partial charge in [-0.15, -0.1) is 0 Å². The average Bonchev–Trinajstić information content (AvgIpc) is 2.64. The molecule has 0 radical (unpaired) electrons. The highest BCUT2D eigenvalue weighted by Crippen LogP contribution is 2.58. The lowest BCUT2D eigenvalue weighted by molar-refractivity contribution is 0.437. The molecule has 0 saturated carbocycles. The van der Waals surface area contributed by atoms with E-state index in [1.807, 2.05) is 112 Å². The first-order valence-electron chi connectivity index (χ1n) is 8.98. The first-order valence-corrected chi connectivity index (χ1v) is 14.0. The molecule has 0 fully saturated rings. The largest absolute Gasteiger partial charge is 0.358 e. The van der Waals surface area contributed by atoms with Crippen molar-refractivity contribution < 1.29 is 18.1 Å². The van der Waals surface area contributed by atoms with Gasteiger partial charge in [0.25, 0.3) is 0 Å². The number of rotatable bonds is 8. The second-order valence-electron chi connectivity index (χ2n) is 6.94. The van der Waals surface area contributed by atoms with E-state index in [1.54, 1.807) is 0 Å². The van der Waals surface area contributed by atoms with Gasteiger partial charge in [0.15, 0.2) is 11.5 Å². The Morgan fingerprint density at radius 2 is 0.750 bits per heavy atom. The van der Waals surface area contributed by atoms with Crippen LogP contribution in [0.15, 0.2) is 84.9 Å². The van der Waals surface area contributed by atoms with E-state index in [4.69, 9.17) is 18.1 Å². The Balaban J connectivity index is 1.73. The highest BCUT2D eigenvalue weighted by atomic mass is 31.2. The van der Waals surface area contributed by atoms with Crippen molar-refractivity contribution in [1.29, 1.82) is 0 Å². The first kappa shape index (κ1) is 20.5. The molecular weight excluding hydrogens is 390 g/mol. The monoisotopic (exact) mass is 416 g/mol. The molecule has 0 N–H and O–H groups in total. The van der Waals surface area contributed by atoms with Gasteiger partial charge >= 0.3 is 15.4 Å². The van der Waals surface area contributed by atoms with Gasteiger partial charge in [-0.05, 0) is 36.4 Å². The van der Waals surface area contributed by atoms with Crippen LogP contribution in [0.25, 0.3) is 0 Å². The number of hydrogen-bond acceptors (Lipinski definition) is 4. The van der Waals surface area contributed by atoms with E-state index in [0.717, 1.165) is 11.5 Å². The maximum absolute atomic E-state index is 6.26. The van der Waals surface area contributed by atoms with Crippen LogP contribution < -0.4 is 18.1 Å². The third-order valence-electron chi connectivity index (χ3n) is 3.62. The van der Waals surface area contributed by atoms with Crippen LogP contribution in [0.4, 0.5) is 0 Å². The van der Waals surface area contributed by atoms with E-state index in [1.165, 1.54) is 0 Å². The molecule has 0 bridgehead atoms. The van der Waals surface area contributed by atoms with Gasteiger partial charge in [-0.2, -0.15) is 0 Å². The zero-order chi connectivity index (χ0) is 20.0. The van der Waals surface area contributed by atoms with Crippen molar-refractivity contribution in [2.24, 2.45) is 0 Å². The molecular formula is C22H26O4P2+2. The van der Waals surface area contributed by atoms with E-state index >= 15 is 0 Å². The molecule has 0 aliphatic carbocycles. The van der Waals surface area contributed by atoms with Crippen LogP contribution in [0, 0.1) is 0 Å². The SMILES string of the molecule is C[P+](C)(Oc1ccccc1)Oc1ccccc1O[P+](C)(C)Oc1ccccc1. The van der Waals surface area contributed by atoms with Crippen LogP contribution >= 0.6 is 15.4 Å². The Kier molecular flexibility index (Phi) is 6.44. The summed E-state index contributed by atoms with van der Waals surface area (Å²) in [5.41, 5.74) is 0. The van der Waals surface area contributed by atoms with Crippen LogP contribution in [0.3, 0.4) is 0 Å². The summed E-state index contributed by atoms with van der Waals surface area (Å²) in [5, 5.41) is 0. The predicted molar refractivity (Wildman–Crippen MR) is 119 cm³/mol. The number of benzene rings is 3. The summed E-state index contributed by atoms with van der Waals surface area (Å²) in [6, 6.07) is 27.0. The number of para-hydroxylation sites is 4. The van der Waals surface area contributed by atoms with Gasteiger partial charge in [-0.1, -0.05) is 48.5 Å². The minimum Gasteiger partial charge on any atom is -0.311 e. The molecule has 0 aliphatic heterocycles. The molecule has 0 unspecified atom stereocenters. The Bertz CT molecular complexity index is 809. The standard InChI is InChI=1S/C22H26O4P2/c1-27(2,23-19-13-7-5-8-14-19)25-21-17-11-12-18-22(21)26-28(3,4)24-20-15-9-6-10-16-20/h5-18H,1-4H3/q+2. The van der Waals surface area contributed by atoms with E-state index < -0.39 is 15.4 Å². The van der Waals surface area contributed by atoms with E-state index in [0.29, 0.717) is 11.5 Å². The summed E-state index contributed by atoms with van der Waals surface area (Å²) in [6.45, 7) is 7.93. The van der Waals surface area contributed by atoms with Gasteiger partial charge in [0.05, 0.1) is 0 Å². The van der Waals surface area contributed by atoms with Gasteiger partial charge in [-0.3, -0.25) is 0 Å². The normalized spacial score (nSPS) is 11.6. The summed E-state index contributed by atoms with van der Waals surface area (Å²) in [4.78, 5) is 0. The molecule has 0 aromatic heterocycles. The molecule has 0 aliphatic rings. The van der Waals surface area contributed by atoms with Crippen LogP contribution in [0.1, 0.15) is 0 Å². The van der Waals surface area contributed by atoms with Crippen molar-refractivity contribution in [3.63, 3.8) is 0 Å². The van der Waals surface area contributed by atoms with Crippen molar-refractivity contribution in [3.05, 3.63) is 84.9 Å². The lowest BCUT2D eigenvalue weighted by Crippen LogP contribution is -2.09. The lowest BCUT2D eigenvalue weighted by Gasteiger charge is -2.21. The Hall–Kier alpha value is -2.28. The molecule has 6 heteroatoms. The molecule has 0 atom stereocenters. The van der Waals surface area contributed by atoms with Crippen molar-refractivity contribution >= 4 is 15.4 Å². The zero-order valence-electron chi connectivity index (χ0n) is 16.6. The predicted octanol–water partition coefficient (Wildman–Crippen LogP) is 6.82. The summed E-state index contributed by atoms with van der Waals surface area (Å²) >= 11 is 0. The molecule has 0 spiro atoms. The van der Waals surface area contributed by atoms with Crippen molar-refractivity contribution in [2.75, 3.05) is 26.7 Å². The average molecular weight is 416 g/mol. The lowest BCUT2D eigenvalue weighted by atomic mass is 10.3. The molecule has 28 heavy (non-hydrogen) atoms.